The van der Waals surface area contributed by atoms with Crippen molar-refractivity contribution in [1.82, 2.24) is 0 Å². The Kier molecular flexibility index (Phi) is 6.00. The number of hydrogen-bond acceptors (Lipinski definition) is 2. The van der Waals surface area contributed by atoms with E-state index in [-0.39, 0.29) is 6.10 Å². The molecule has 0 radical (unpaired) electrons. The summed E-state index contributed by atoms with van der Waals surface area (Å²) >= 11 is 0. The number of benzene rings is 5. The van der Waals surface area contributed by atoms with Gasteiger partial charge in [0.1, 0.15) is 0 Å². The number of ether oxygens (including phenoxy) is 1. The number of methoxy groups -OCH3 is 1. The first-order chi connectivity index (χ1) is 18.3. The van der Waals surface area contributed by atoms with Crippen molar-refractivity contribution >= 4 is 34.1 Å². The Morgan fingerprint density at radius 1 is 0.595 bits per heavy atom. The quantitative estimate of drug-likeness (QED) is 0.246. The third-order valence-corrected chi connectivity index (χ3v) is 13.2. The minimum atomic E-state index is -3.55. The molecule has 6 rings (SSSR count). The van der Waals surface area contributed by atoms with E-state index in [1.54, 1.807) is 7.11 Å². The zero-order valence-electron chi connectivity index (χ0n) is 20.8. The molecular formula is C34H29O2P. The Morgan fingerprint density at radius 3 is 1.59 bits per heavy atom. The molecule has 0 N–H and O–H groups in total. The van der Waals surface area contributed by atoms with Crippen LogP contribution >= 0.6 is 6.83 Å². The first-order valence-electron chi connectivity index (χ1n) is 12.5. The van der Waals surface area contributed by atoms with Crippen LogP contribution in [-0.4, -0.2) is 7.11 Å². The summed E-state index contributed by atoms with van der Waals surface area (Å²) in [5.41, 5.74) is 2.31. The van der Waals surface area contributed by atoms with Gasteiger partial charge in [-0.2, -0.15) is 0 Å². The molecule has 1 heterocycles. The van der Waals surface area contributed by atoms with Gasteiger partial charge in [0.25, 0.3) is 0 Å². The molecule has 0 aliphatic carbocycles. The molecule has 1 atom stereocenters. The predicted molar refractivity (Wildman–Crippen MR) is 157 cm³/mol. The second-order valence-electron chi connectivity index (χ2n) is 9.26. The van der Waals surface area contributed by atoms with Gasteiger partial charge in [-0.05, 0) is 0 Å². The summed E-state index contributed by atoms with van der Waals surface area (Å²) in [5.74, 6) is 0.849. The molecule has 0 aromatic heterocycles. The van der Waals surface area contributed by atoms with Crippen LogP contribution in [0.1, 0.15) is 17.2 Å². The maximum atomic E-state index is 7.65. The van der Waals surface area contributed by atoms with Crippen LogP contribution in [0.5, 0.6) is 5.75 Å². The normalized spacial score (nSPS) is 18.5. The summed E-state index contributed by atoms with van der Waals surface area (Å²) in [6.45, 7) is -3.55. The molecule has 3 heteroatoms. The van der Waals surface area contributed by atoms with Crippen molar-refractivity contribution < 1.29 is 9.26 Å². The van der Waals surface area contributed by atoms with Crippen LogP contribution in [0.25, 0.3) is 6.08 Å². The van der Waals surface area contributed by atoms with Gasteiger partial charge in [0.05, 0.1) is 0 Å². The Labute approximate surface area is 218 Å². The molecule has 37 heavy (non-hydrogen) atoms. The molecule has 0 fully saturated rings. The molecule has 2 nitrogen and oxygen atoms in total. The summed E-state index contributed by atoms with van der Waals surface area (Å²) in [7, 11) is 1.69. The fourth-order valence-corrected chi connectivity index (χ4v) is 11.8. The van der Waals surface area contributed by atoms with Crippen LogP contribution in [0, 0.1) is 0 Å². The van der Waals surface area contributed by atoms with Crippen LogP contribution in [0.4, 0.5) is 0 Å². The Balaban J connectivity index is 1.65. The Hall–Kier alpha value is -3.97. The number of rotatable bonds is 6. The molecule has 0 saturated heterocycles. The molecule has 182 valence electrons. The van der Waals surface area contributed by atoms with E-state index >= 15 is 0 Å². The van der Waals surface area contributed by atoms with E-state index in [9.17, 15) is 0 Å². The van der Waals surface area contributed by atoms with Crippen molar-refractivity contribution in [3.05, 3.63) is 157 Å². The molecular weight excluding hydrogens is 471 g/mol. The standard InChI is InChI=1S/C34H29O2P/c1-35-28-24-21-27(22-25-28)23-26-33-32-19-11-12-20-34(32)37(36-33,29-13-5-2-6-14-29,30-15-7-3-8-16-30)31-17-9-4-10-18-31/h2-26,33H,1H3/b26-23+. The van der Waals surface area contributed by atoms with Gasteiger partial charge in [0, 0.05) is 0 Å². The third-order valence-electron chi connectivity index (χ3n) is 7.35. The molecule has 5 aromatic rings. The van der Waals surface area contributed by atoms with Crippen molar-refractivity contribution in [2.75, 3.05) is 7.11 Å². The molecule has 0 spiro atoms. The molecule has 1 aliphatic rings. The van der Waals surface area contributed by atoms with Gasteiger partial charge in [-0.3, -0.25) is 0 Å². The van der Waals surface area contributed by atoms with E-state index in [1.807, 2.05) is 12.1 Å². The molecule has 0 saturated carbocycles. The van der Waals surface area contributed by atoms with Gasteiger partial charge < -0.3 is 0 Å². The maximum absolute atomic E-state index is 7.65. The van der Waals surface area contributed by atoms with Crippen LogP contribution in [0.3, 0.4) is 0 Å². The minimum absolute atomic E-state index is 0.211. The van der Waals surface area contributed by atoms with Crippen LogP contribution in [-0.2, 0) is 4.52 Å². The van der Waals surface area contributed by atoms with Crippen LogP contribution in [0.15, 0.2) is 146 Å². The van der Waals surface area contributed by atoms with E-state index in [4.69, 9.17) is 9.26 Å². The third kappa shape index (κ3) is 3.56. The van der Waals surface area contributed by atoms with Crippen molar-refractivity contribution in [2.24, 2.45) is 0 Å². The summed E-state index contributed by atoms with van der Waals surface area (Å²) < 4.78 is 13.0. The van der Waals surface area contributed by atoms with Crippen LogP contribution in [0.2, 0.25) is 0 Å². The molecule has 1 unspecified atom stereocenters. The number of hydrogen-bond donors (Lipinski definition) is 0. The fraction of sp³-hybridized carbons (Fsp3) is 0.0588. The van der Waals surface area contributed by atoms with Gasteiger partial charge in [-0.25, -0.2) is 0 Å². The van der Waals surface area contributed by atoms with Crippen molar-refractivity contribution in [1.29, 1.82) is 0 Å². The van der Waals surface area contributed by atoms with Gasteiger partial charge in [0.15, 0.2) is 0 Å². The summed E-state index contributed by atoms with van der Waals surface area (Å²) in [6, 6.07) is 49.3. The van der Waals surface area contributed by atoms with Crippen LogP contribution < -0.4 is 26.0 Å². The molecule has 0 amide bonds. The van der Waals surface area contributed by atoms with Crippen molar-refractivity contribution in [2.45, 2.75) is 6.10 Å². The van der Waals surface area contributed by atoms with E-state index in [0.717, 1.165) is 11.3 Å². The second-order valence-corrected chi connectivity index (χ2v) is 13.6. The van der Waals surface area contributed by atoms with Crippen molar-refractivity contribution in [3.63, 3.8) is 0 Å². The summed E-state index contributed by atoms with van der Waals surface area (Å²) in [4.78, 5) is 0. The fourth-order valence-electron chi connectivity index (χ4n) is 5.69. The molecule has 1 aliphatic heterocycles. The van der Waals surface area contributed by atoms with Crippen molar-refractivity contribution in [3.8, 4) is 5.75 Å². The zero-order valence-corrected chi connectivity index (χ0v) is 21.7. The average Bonchev–Trinajstić information content (AvgIpc) is 3.30. The predicted octanol–water partition coefficient (Wildman–Crippen LogP) is 6.55. The summed E-state index contributed by atoms with van der Waals surface area (Å²) in [5, 5.41) is 4.89. The SMILES string of the molecule is COc1ccc(/C=C/C2OP(c3ccccc3)(c3ccccc3)(c3ccccc3)c3ccccc32)cc1. The van der Waals surface area contributed by atoms with Gasteiger partial charge in [0.2, 0.25) is 0 Å². The first-order valence-corrected chi connectivity index (χ1v) is 14.7. The first kappa shape index (κ1) is 23.4. The zero-order chi connectivity index (χ0) is 25.2. The van der Waals surface area contributed by atoms with E-state index in [1.165, 1.54) is 26.8 Å². The average molecular weight is 501 g/mol. The van der Waals surface area contributed by atoms with E-state index in [2.05, 4.69) is 140 Å². The van der Waals surface area contributed by atoms with Gasteiger partial charge in [-0.15, -0.1) is 0 Å². The van der Waals surface area contributed by atoms with Gasteiger partial charge >= 0.3 is 219 Å². The molecule has 5 aromatic carbocycles. The van der Waals surface area contributed by atoms with E-state index < -0.39 is 6.83 Å². The van der Waals surface area contributed by atoms with Gasteiger partial charge in [-0.1, -0.05) is 0 Å². The number of fused-ring (bicyclic) bond motifs is 1. The second kappa shape index (κ2) is 9.48. The van der Waals surface area contributed by atoms with E-state index in [0.29, 0.717) is 0 Å². The topological polar surface area (TPSA) is 18.5 Å². The Bertz CT molecular complexity index is 1430. The monoisotopic (exact) mass is 500 g/mol. The molecule has 0 bridgehead atoms. The Morgan fingerprint density at radius 2 is 1.08 bits per heavy atom. The summed E-state index contributed by atoms with van der Waals surface area (Å²) in [6.07, 6.45) is 4.14.